The third-order valence-electron chi connectivity index (χ3n) is 3.31. The molecule has 0 bridgehead atoms. The van der Waals surface area contributed by atoms with E-state index in [9.17, 15) is 0 Å². The molecule has 1 aromatic rings. The van der Waals surface area contributed by atoms with E-state index in [0.717, 1.165) is 0 Å². The number of hydrogen-bond acceptors (Lipinski definition) is 0. The normalized spacial score (nSPS) is 20.6. The summed E-state index contributed by atoms with van der Waals surface area (Å²) in [5, 5.41) is 3.18. The molecule has 0 nitrogen and oxygen atoms in total. The molecule has 0 N–H and O–H groups in total. The predicted molar refractivity (Wildman–Crippen MR) is 74.5 cm³/mol. The van der Waals surface area contributed by atoms with E-state index < -0.39 is 8.80 Å². The SMILES string of the molecule is CC1=C(C(C)(C)C)C=C[SiH]1c1ccccc1. The topological polar surface area (TPSA) is 0 Å². The van der Waals surface area contributed by atoms with Gasteiger partial charge < -0.3 is 0 Å². The molecule has 0 aromatic heterocycles. The Kier molecular flexibility index (Phi) is 2.89. The Morgan fingerprint density at radius 3 is 2.12 bits per heavy atom. The molecule has 0 amide bonds. The van der Waals surface area contributed by atoms with Crippen molar-refractivity contribution in [1.29, 1.82) is 0 Å². The zero-order chi connectivity index (χ0) is 11.8. The molecular weight excluding hydrogens is 208 g/mol. The van der Waals surface area contributed by atoms with Crippen LogP contribution in [0.3, 0.4) is 0 Å². The van der Waals surface area contributed by atoms with E-state index in [1.54, 1.807) is 10.8 Å². The zero-order valence-electron chi connectivity index (χ0n) is 10.6. The molecule has 0 saturated carbocycles. The van der Waals surface area contributed by atoms with Crippen molar-refractivity contribution in [3.05, 3.63) is 52.9 Å². The second-order valence-corrected chi connectivity index (χ2v) is 8.47. The first-order valence-electron chi connectivity index (χ1n) is 5.94. The van der Waals surface area contributed by atoms with E-state index in [0.29, 0.717) is 0 Å². The Bertz CT molecular complexity index is 432. The van der Waals surface area contributed by atoms with Crippen LogP contribution in [0.15, 0.2) is 52.9 Å². The highest BCUT2D eigenvalue weighted by atomic mass is 28.3. The molecule has 1 atom stereocenters. The second-order valence-electron chi connectivity index (χ2n) is 5.59. The van der Waals surface area contributed by atoms with Crippen LogP contribution in [-0.2, 0) is 0 Å². The van der Waals surface area contributed by atoms with E-state index in [4.69, 9.17) is 0 Å². The molecule has 1 aliphatic rings. The maximum atomic E-state index is 2.46. The van der Waals surface area contributed by atoms with Gasteiger partial charge in [0.1, 0.15) is 8.80 Å². The summed E-state index contributed by atoms with van der Waals surface area (Å²) in [4.78, 5) is 0. The van der Waals surface area contributed by atoms with Gasteiger partial charge in [0.25, 0.3) is 0 Å². The molecule has 2 rings (SSSR count). The number of hydrogen-bond donors (Lipinski definition) is 0. The van der Waals surface area contributed by atoms with Gasteiger partial charge in [-0.3, -0.25) is 0 Å². The van der Waals surface area contributed by atoms with Crippen molar-refractivity contribution in [2.45, 2.75) is 27.7 Å². The second kappa shape index (κ2) is 4.06. The predicted octanol–water partition coefficient (Wildman–Crippen LogP) is 3.13. The molecule has 0 fully saturated rings. The minimum absolute atomic E-state index is 0.289. The number of allylic oxidation sites excluding steroid dienone is 3. The van der Waals surface area contributed by atoms with Crippen molar-refractivity contribution < 1.29 is 0 Å². The first-order chi connectivity index (χ1) is 7.50. The number of benzene rings is 1. The molecular formula is C15H20Si. The van der Waals surface area contributed by atoms with Gasteiger partial charge in [0.2, 0.25) is 0 Å². The van der Waals surface area contributed by atoms with Crippen LogP contribution in [0.5, 0.6) is 0 Å². The van der Waals surface area contributed by atoms with E-state index in [2.05, 4.69) is 69.8 Å². The molecule has 0 aliphatic carbocycles. The lowest BCUT2D eigenvalue weighted by Gasteiger charge is -2.22. The van der Waals surface area contributed by atoms with Gasteiger partial charge in [0.15, 0.2) is 0 Å². The van der Waals surface area contributed by atoms with E-state index in [1.165, 1.54) is 5.19 Å². The van der Waals surface area contributed by atoms with Crippen molar-refractivity contribution in [2.24, 2.45) is 5.41 Å². The Labute approximate surface area is 100 Å². The molecule has 1 heteroatoms. The summed E-state index contributed by atoms with van der Waals surface area (Å²) in [6, 6.07) is 10.9. The summed E-state index contributed by atoms with van der Waals surface area (Å²) in [5.74, 6) is 0. The lowest BCUT2D eigenvalue weighted by molar-refractivity contribution is 0.515. The fourth-order valence-corrected chi connectivity index (χ4v) is 5.40. The lowest BCUT2D eigenvalue weighted by atomic mass is 9.86. The zero-order valence-corrected chi connectivity index (χ0v) is 11.8. The van der Waals surface area contributed by atoms with Crippen LogP contribution in [0.2, 0.25) is 0 Å². The van der Waals surface area contributed by atoms with Crippen LogP contribution in [0.1, 0.15) is 27.7 Å². The van der Waals surface area contributed by atoms with Crippen LogP contribution in [0.4, 0.5) is 0 Å². The molecule has 16 heavy (non-hydrogen) atoms. The van der Waals surface area contributed by atoms with Gasteiger partial charge >= 0.3 is 0 Å². The van der Waals surface area contributed by atoms with Crippen LogP contribution < -0.4 is 5.19 Å². The van der Waals surface area contributed by atoms with Crippen LogP contribution >= 0.6 is 0 Å². The highest BCUT2D eigenvalue weighted by Gasteiger charge is 2.26. The summed E-state index contributed by atoms with van der Waals surface area (Å²) in [5.41, 5.74) is 4.30. The van der Waals surface area contributed by atoms with E-state index >= 15 is 0 Å². The van der Waals surface area contributed by atoms with Crippen LogP contribution in [0.25, 0.3) is 0 Å². The quantitative estimate of drug-likeness (QED) is 0.648. The van der Waals surface area contributed by atoms with Crippen molar-refractivity contribution in [3.63, 3.8) is 0 Å². The van der Waals surface area contributed by atoms with Gasteiger partial charge in [-0.25, -0.2) is 0 Å². The first-order valence-corrected chi connectivity index (χ1v) is 7.76. The third-order valence-corrected chi connectivity index (χ3v) is 6.24. The summed E-state index contributed by atoms with van der Waals surface area (Å²) in [6.45, 7) is 9.23. The van der Waals surface area contributed by atoms with Gasteiger partial charge in [0, 0.05) is 0 Å². The third kappa shape index (κ3) is 2.05. The highest BCUT2D eigenvalue weighted by molar-refractivity contribution is 6.84. The monoisotopic (exact) mass is 228 g/mol. The Morgan fingerprint density at radius 2 is 1.62 bits per heavy atom. The van der Waals surface area contributed by atoms with Crippen molar-refractivity contribution in [3.8, 4) is 0 Å². The van der Waals surface area contributed by atoms with E-state index in [1.807, 2.05) is 0 Å². The van der Waals surface area contributed by atoms with Crippen LogP contribution in [0, 0.1) is 5.41 Å². The Balaban J connectivity index is 2.37. The summed E-state index contributed by atoms with van der Waals surface area (Å²) < 4.78 is 0. The largest absolute Gasteiger partial charge is 0.120 e. The average Bonchev–Trinajstić information content (AvgIpc) is 2.61. The molecule has 0 spiro atoms. The number of rotatable bonds is 1. The first kappa shape index (κ1) is 11.4. The van der Waals surface area contributed by atoms with Crippen molar-refractivity contribution >= 4 is 14.0 Å². The standard InChI is InChI=1S/C15H20Si/c1-12-14(15(2,3)4)10-11-16(12)13-8-6-5-7-9-13/h5-11,16H,1-4H3. The summed E-state index contributed by atoms with van der Waals surface area (Å²) >= 11 is 0. The Morgan fingerprint density at radius 1 is 1.00 bits per heavy atom. The molecule has 1 aromatic carbocycles. The van der Waals surface area contributed by atoms with Gasteiger partial charge in [-0.2, -0.15) is 0 Å². The van der Waals surface area contributed by atoms with Gasteiger partial charge in [-0.1, -0.05) is 73.3 Å². The highest BCUT2D eigenvalue weighted by Crippen LogP contribution is 2.33. The van der Waals surface area contributed by atoms with Crippen LogP contribution in [-0.4, -0.2) is 8.80 Å². The smallest absolute Gasteiger partial charge is 0.0888 e. The van der Waals surface area contributed by atoms with Gasteiger partial charge in [0.05, 0.1) is 0 Å². The maximum Gasteiger partial charge on any atom is 0.120 e. The summed E-state index contributed by atoms with van der Waals surface area (Å²) in [6.07, 6.45) is 2.36. The fourth-order valence-electron chi connectivity index (χ4n) is 2.50. The molecule has 1 aliphatic heterocycles. The van der Waals surface area contributed by atoms with Gasteiger partial charge in [-0.05, 0) is 17.9 Å². The minimum Gasteiger partial charge on any atom is -0.0888 e. The summed E-state index contributed by atoms with van der Waals surface area (Å²) in [7, 11) is -0.992. The molecule has 84 valence electrons. The molecule has 1 unspecified atom stereocenters. The average molecular weight is 228 g/mol. The Hall–Kier alpha value is -1.08. The minimum atomic E-state index is -0.992. The van der Waals surface area contributed by atoms with E-state index in [-0.39, 0.29) is 5.41 Å². The molecule has 0 radical (unpaired) electrons. The molecule has 0 saturated heterocycles. The van der Waals surface area contributed by atoms with Crippen molar-refractivity contribution in [2.75, 3.05) is 0 Å². The lowest BCUT2D eigenvalue weighted by Crippen LogP contribution is -2.28. The fraction of sp³-hybridized carbons (Fsp3) is 0.333. The van der Waals surface area contributed by atoms with Gasteiger partial charge in [-0.15, -0.1) is 0 Å². The van der Waals surface area contributed by atoms with Crippen molar-refractivity contribution in [1.82, 2.24) is 0 Å². The maximum absolute atomic E-state index is 2.46. The molecule has 1 heterocycles.